The molecule has 1 unspecified atom stereocenters. The first-order valence-electron chi connectivity index (χ1n) is 9.28. The third-order valence-corrected chi connectivity index (χ3v) is 5.32. The Morgan fingerprint density at radius 2 is 1.92 bits per heavy atom. The van der Waals surface area contributed by atoms with Gasteiger partial charge in [0, 0.05) is 30.7 Å². The molecular formula is C19H24N4O3. The van der Waals surface area contributed by atoms with E-state index >= 15 is 0 Å². The van der Waals surface area contributed by atoms with Crippen LogP contribution in [0.5, 0.6) is 0 Å². The fourth-order valence-corrected chi connectivity index (χ4v) is 3.80. The number of para-hydroxylation sites is 1. The lowest BCUT2D eigenvalue weighted by Crippen LogP contribution is -2.30. The molecule has 1 aromatic heterocycles. The number of hydrogen-bond donors (Lipinski definition) is 3. The number of anilines is 1. The van der Waals surface area contributed by atoms with Crippen molar-refractivity contribution >= 4 is 22.8 Å². The van der Waals surface area contributed by atoms with E-state index in [2.05, 4.69) is 15.3 Å². The van der Waals surface area contributed by atoms with Gasteiger partial charge in [0.1, 0.15) is 0 Å². The summed E-state index contributed by atoms with van der Waals surface area (Å²) in [5, 5.41) is 23.5. The molecule has 3 N–H and O–H groups in total. The summed E-state index contributed by atoms with van der Waals surface area (Å²) in [6, 6.07) is 5.75. The minimum Gasteiger partial charge on any atom is -0.393 e. The van der Waals surface area contributed by atoms with Crippen LogP contribution in [0.4, 0.5) is 5.95 Å². The highest BCUT2D eigenvalue weighted by Crippen LogP contribution is 2.24. The number of fused-ring (bicyclic) bond motifs is 1. The van der Waals surface area contributed by atoms with E-state index in [9.17, 15) is 15.0 Å². The van der Waals surface area contributed by atoms with Crippen LogP contribution in [0.3, 0.4) is 0 Å². The SMILES string of the molecule is O=C(c1cccc2cnc(N[C@H]3CC[C@H](O)CC3)nc12)N1CCC(O)C1. The number of rotatable bonds is 3. The molecule has 138 valence electrons. The standard InChI is InChI=1S/C19H24N4O3/c24-14-6-4-13(5-7-14)21-19-20-10-12-2-1-3-16(17(12)22-19)18(26)23-9-8-15(25)11-23/h1-3,10,13-15,24-25H,4-9,11H2,(H,20,21,22)/t13-,14-,15?. The molecular weight excluding hydrogens is 332 g/mol. The summed E-state index contributed by atoms with van der Waals surface area (Å²) in [6.45, 7) is 0.937. The van der Waals surface area contributed by atoms with Crippen molar-refractivity contribution in [3.05, 3.63) is 30.0 Å². The van der Waals surface area contributed by atoms with Crippen LogP contribution in [0.25, 0.3) is 10.9 Å². The Bertz CT molecular complexity index is 804. The van der Waals surface area contributed by atoms with E-state index in [0.717, 1.165) is 31.1 Å². The van der Waals surface area contributed by atoms with Gasteiger partial charge in [0.15, 0.2) is 0 Å². The molecule has 4 rings (SSSR count). The van der Waals surface area contributed by atoms with Crippen LogP contribution < -0.4 is 5.32 Å². The Labute approximate surface area is 152 Å². The molecule has 0 radical (unpaired) electrons. The van der Waals surface area contributed by atoms with Crippen molar-refractivity contribution in [2.24, 2.45) is 0 Å². The molecule has 2 aliphatic rings. The van der Waals surface area contributed by atoms with Crippen molar-refractivity contribution < 1.29 is 15.0 Å². The molecule has 1 aliphatic heterocycles. The van der Waals surface area contributed by atoms with Gasteiger partial charge in [-0.15, -0.1) is 0 Å². The normalized spacial score (nSPS) is 26.2. The second-order valence-electron chi connectivity index (χ2n) is 7.28. The highest BCUT2D eigenvalue weighted by Gasteiger charge is 2.27. The second-order valence-corrected chi connectivity index (χ2v) is 7.28. The van der Waals surface area contributed by atoms with E-state index in [0.29, 0.717) is 36.5 Å². The molecule has 7 nitrogen and oxygen atoms in total. The minimum absolute atomic E-state index is 0.0995. The van der Waals surface area contributed by atoms with Gasteiger partial charge in [-0.2, -0.15) is 0 Å². The molecule has 1 atom stereocenters. The Kier molecular flexibility index (Phi) is 4.74. The molecule has 0 bridgehead atoms. The van der Waals surface area contributed by atoms with Gasteiger partial charge in [-0.05, 0) is 38.2 Å². The summed E-state index contributed by atoms with van der Waals surface area (Å²) in [5.74, 6) is 0.415. The molecule has 2 aromatic rings. The Morgan fingerprint density at radius 3 is 2.65 bits per heavy atom. The highest BCUT2D eigenvalue weighted by molar-refractivity contribution is 6.05. The molecule has 1 saturated heterocycles. The number of aliphatic hydroxyl groups is 2. The fourth-order valence-electron chi connectivity index (χ4n) is 3.80. The lowest BCUT2D eigenvalue weighted by atomic mass is 9.93. The number of carbonyl (C=O) groups is 1. The summed E-state index contributed by atoms with van der Waals surface area (Å²) in [6.07, 6.45) is 5.04. The van der Waals surface area contributed by atoms with Gasteiger partial charge >= 0.3 is 0 Å². The Balaban J connectivity index is 1.59. The number of aromatic nitrogens is 2. The van der Waals surface area contributed by atoms with Crippen LogP contribution in [-0.2, 0) is 0 Å². The molecule has 2 heterocycles. The van der Waals surface area contributed by atoms with Gasteiger partial charge in [0.05, 0.1) is 23.3 Å². The first-order valence-corrected chi connectivity index (χ1v) is 9.28. The second kappa shape index (κ2) is 7.17. The van der Waals surface area contributed by atoms with E-state index < -0.39 is 6.10 Å². The summed E-state index contributed by atoms with van der Waals surface area (Å²) >= 11 is 0. The van der Waals surface area contributed by atoms with E-state index in [1.165, 1.54) is 0 Å². The predicted octanol–water partition coefficient (Wildman–Crippen LogP) is 1.55. The predicted molar refractivity (Wildman–Crippen MR) is 98.0 cm³/mol. The Hall–Kier alpha value is -2.25. The quantitative estimate of drug-likeness (QED) is 0.772. The van der Waals surface area contributed by atoms with Crippen molar-refractivity contribution in [1.29, 1.82) is 0 Å². The third kappa shape index (κ3) is 3.50. The molecule has 0 spiro atoms. The topological polar surface area (TPSA) is 98.6 Å². The fraction of sp³-hybridized carbons (Fsp3) is 0.526. The van der Waals surface area contributed by atoms with Gasteiger partial charge < -0.3 is 20.4 Å². The number of carbonyl (C=O) groups excluding carboxylic acids is 1. The molecule has 7 heteroatoms. The van der Waals surface area contributed by atoms with Crippen LogP contribution in [0, 0.1) is 0 Å². The third-order valence-electron chi connectivity index (χ3n) is 5.32. The van der Waals surface area contributed by atoms with Crippen LogP contribution in [0.2, 0.25) is 0 Å². The Morgan fingerprint density at radius 1 is 1.12 bits per heavy atom. The highest BCUT2D eigenvalue weighted by atomic mass is 16.3. The molecule has 2 fully saturated rings. The molecule has 1 saturated carbocycles. The summed E-state index contributed by atoms with van der Waals surface area (Å²) in [4.78, 5) is 23.5. The van der Waals surface area contributed by atoms with Gasteiger partial charge in [-0.3, -0.25) is 4.79 Å². The summed E-state index contributed by atoms with van der Waals surface area (Å²) in [5.41, 5.74) is 1.17. The zero-order chi connectivity index (χ0) is 18.1. The van der Waals surface area contributed by atoms with Crippen LogP contribution in [0.1, 0.15) is 42.5 Å². The van der Waals surface area contributed by atoms with Crippen molar-refractivity contribution in [2.75, 3.05) is 18.4 Å². The zero-order valence-electron chi connectivity index (χ0n) is 14.6. The maximum absolute atomic E-state index is 12.9. The number of amides is 1. The van der Waals surface area contributed by atoms with E-state index in [1.54, 1.807) is 17.2 Å². The van der Waals surface area contributed by atoms with E-state index in [1.807, 2.05) is 12.1 Å². The smallest absolute Gasteiger partial charge is 0.256 e. The van der Waals surface area contributed by atoms with Gasteiger partial charge in [0.25, 0.3) is 5.91 Å². The first kappa shape index (κ1) is 17.2. The van der Waals surface area contributed by atoms with Crippen molar-refractivity contribution in [3.63, 3.8) is 0 Å². The van der Waals surface area contributed by atoms with Gasteiger partial charge in [-0.1, -0.05) is 12.1 Å². The van der Waals surface area contributed by atoms with Gasteiger partial charge in [0.2, 0.25) is 5.95 Å². The molecule has 26 heavy (non-hydrogen) atoms. The first-order chi connectivity index (χ1) is 12.6. The number of nitrogens with zero attached hydrogens (tertiary/aromatic N) is 3. The van der Waals surface area contributed by atoms with E-state index in [-0.39, 0.29) is 18.1 Å². The van der Waals surface area contributed by atoms with E-state index in [4.69, 9.17) is 0 Å². The molecule has 1 amide bonds. The van der Waals surface area contributed by atoms with Crippen LogP contribution >= 0.6 is 0 Å². The van der Waals surface area contributed by atoms with Crippen LogP contribution in [0.15, 0.2) is 24.4 Å². The number of nitrogens with one attached hydrogen (secondary N) is 1. The minimum atomic E-state index is -0.442. The number of likely N-dealkylation sites (tertiary alicyclic amines) is 1. The van der Waals surface area contributed by atoms with Gasteiger partial charge in [-0.25, -0.2) is 9.97 Å². The lowest BCUT2D eigenvalue weighted by Gasteiger charge is -2.26. The average molecular weight is 356 g/mol. The maximum atomic E-state index is 12.9. The number of hydrogen-bond acceptors (Lipinski definition) is 6. The molecule has 1 aromatic carbocycles. The molecule has 1 aliphatic carbocycles. The summed E-state index contributed by atoms with van der Waals surface area (Å²) < 4.78 is 0. The monoisotopic (exact) mass is 356 g/mol. The van der Waals surface area contributed by atoms with Crippen molar-refractivity contribution in [3.8, 4) is 0 Å². The van der Waals surface area contributed by atoms with Crippen molar-refractivity contribution in [2.45, 2.75) is 50.4 Å². The number of benzene rings is 1. The summed E-state index contributed by atoms with van der Waals surface area (Å²) in [7, 11) is 0. The van der Waals surface area contributed by atoms with Crippen LogP contribution in [-0.4, -0.2) is 62.3 Å². The number of aliphatic hydroxyl groups excluding tert-OH is 2. The lowest BCUT2D eigenvalue weighted by molar-refractivity contribution is 0.0766. The average Bonchev–Trinajstić information content (AvgIpc) is 3.09. The zero-order valence-corrected chi connectivity index (χ0v) is 14.6. The number of β-amino-alcohol motifs (C(OH)–C–C–N with tert-alkyl or cyclic N) is 1. The maximum Gasteiger partial charge on any atom is 0.256 e. The van der Waals surface area contributed by atoms with Crippen molar-refractivity contribution in [1.82, 2.24) is 14.9 Å². The largest absolute Gasteiger partial charge is 0.393 e.